The van der Waals surface area contributed by atoms with Gasteiger partial charge >= 0.3 is 0 Å². The summed E-state index contributed by atoms with van der Waals surface area (Å²) in [6, 6.07) is 13.9. The van der Waals surface area contributed by atoms with Gasteiger partial charge in [-0.15, -0.1) is 0 Å². The van der Waals surface area contributed by atoms with Crippen LogP contribution in [-0.2, 0) is 0 Å². The molecule has 0 saturated carbocycles. The Labute approximate surface area is 205 Å². The second kappa shape index (κ2) is 13.1. The van der Waals surface area contributed by atoms with Gasteiger partial charge in [0.1, 0.15) is 17.3 Å². The summed E-state index contributed by atoms with van der Waals surface area (Å²) < 4.78 is 19.3. The topological polar surface area (TPSA) is 36.5 Å². The first kappa shape index (κ1) is 26.5. The van der Waals surface area contributed by atoms with Crippen LogP contribution in [0.5, 0.6) is 11.5 Å². The molecule has 0 radical (unpaired) electrons. The first-order valence-corrected chi connectivity index (χ1v) is 11.5. The van der Waals surface area contributed by atoms with Gasteiger partial charge in [-0.3, -0.25) is 0 Å². The van der Waals surface area contributed by atoms with Crippen molar-refractivity contribution in [3.63, 3.8) is 0 Å². The van der Waals surface area contributed by atoms with E-state index in [-0.39, 0.29) is 13.3 Å². The van der Waals surface area contributed by atoms with E-state index in [9.17, 15) is 4.39 Å². The lowest BCUT2D eigenvalue weighted by molar-refractivity contribution is 0.478. The van der Waals surface area contributed by atoms with Crippen molar-refractivity contribution in [3.05, 3.63) is 109 Å². The van der Waals surface area contributed by atoms with Crippen molar-refractivity contribution in [1.82, 2.24) is 15.5 Å². The van der Waals surface area contributed by atoms with Gasteiger partial charge in [-0.25, -0.2) is 4.39 Å². The van der Waals surface area contributed by atoms with Gasteiger partial charge < -0.3 is 20.3 Å². The predicted molar refractivity (Wildman–Crippen MR) is 145 cm³/mol. The Kier molecular flexibility index (Phi) is 10.2. The largest absolute Gasteiger partial charge is 0.457 e. The van der Waals surface area contributed by atoms with Crippen LogP contribution in [0.25, 0.3) is 11.3 Å². The molecule has 1 aliphatic heterocycles. The van der Waals surface area contributed by atoms with Gasteiger partial charge in [-0.2, -0.15) is 0 Å². The van der Waals surface area contributed by atoms with E-state index in [1.54, 1.807) is 6.08 Å². The second-order valence-electron chi connectivity index (χ2n) is 7.83. The summed E-state index contributed by atoms with van der Waals surface area (Å²) in [6.07, 6.45) is 8.48. The Balaban J connectivity index is 0.00000199. The van der Waals surface area contributed by atoms with Crippen molar-refractivity contribution < 1.29 is 10.6 Å². The van der Waals surface area contributed by atoms with E-state index in [0.717, 1.165) is 39.5 Å². The molecule has 1 atom stereocenters. The monoisotopic (exact) mass is 463 g/mol. The minimum Gasteiger partial charge on any atom is -0.457 e. The maximum Gasteiger partial charge on any atom is 0.138 e. The molecule has 2 N–H and O–H groups in total. The number of allylic oxidation sites excluding steroid dienone is 4. The lowest BCUT2D eigenvalue weighted by Gasteiger charge is -2.20. The molecule has 0 saturated heterocycles. The summed E-state index contributed by atoms with van der Waals surface area (Å²) in [7, 11) is 3.96. The maximum atomic E-state index is 13.1. The normalized spacial score (nSPS) is 14.7. The number of nitrogens with zero attached hydrogens (tertiary/aromatic N) is 1. The van der Waals surface area contributed by atoms with Crippen LogP contribution in [0.3, 0.4) is 0 Å². The smallest absolute Gasteiger partial charge is 0.138 e. The first-order valence-electron chi connectivity index (χ1n) is 11.5. The van der Waals surface area contributed by atoms with Crippen LogP contribution in [0, 0.1) is 6.92 Å². The molecule has 0 spiro atoms. The number of halogens is 1. The van der Waals surface area contributed by atoms with Crippen LogP contribution in [-0.4, -0.2) is 31.6 Å². The van der Waals surface area contributed by atoms with Crippen molar-refractivity contribution >= 4 is 11.3 Å². The Hall–Kier alpha value is -3.73. The molecule has 2 aromatic rings. The summed E-state index contributed by atoms with van der Waals surface area (Å²) in [6.45, 7) is 14.7. The molecule has 1 unspecified atom stereocenters. The number of benzene rings is 2. The number of hydrogen-bond acceptors (Lipinski definition) is 4. The summed E-state index contributed by atoms with van der Waals surface area (Å²) in [4.78, 5) is 1.99. The minimum atomic E-state index is -0.276. The fraction of sp³-hybridized carbons (Fsp3) is 0.241. The van der Waals surface area contributed by atoms with Crippen molar-refractivity contribution in [2.75, 3.05) is 20.6 Å². The van der Waals surface area contributed by atoms with Gasteiger partial charge in [0.05, 0.1) is 6.04 Å². The number of nitrogens with one attached hydrogen (secondary N) is 2. The summed E-state index contributed by atoms with van der Waals surface area (Å²) >= 11 is 0. The average molecular weight is 464 g/mol. The molecule has 4 nitrogen and oxygen atoms in total. The summed E-state index contributed by atoms with van der Waals surface area (Å²) in [5, 5.41) is 6.32. The van der Waals surface area contributed by atoms with Gasteiger partial charge in [0, 0.05) is 51.3 Å². The van der Waals surface area contributed by atoms with Crippen LogP contribution in [0.4, 0.5) is 4.39 Å². The van der Waals surface area contributed by atoms with Crippen molar-refractivity contribution in [1.29, 1.82) is 0 Å². The van der Waals surface area contributed by atoms with Gasteiger partial charge in [-0.1, -0.05) is 63.4 Å². The highest BCUT2D eigenvalue weighted by molar-refractivity contribution is 5.74. The minimum absolute atomic E-state index is 0. The fourth-order valence-corrected chi connectivity index (χ4v) is 3.40. The highest BCUT2D eigenvalue weighted by Crippen LogP contribution is 2.31. The first-order chi connectivity index (χ1) is 16.4. The molecule has 1 heterocycles. The zero-order valence-electron chi connectivity index (χ0n) is 20.9. The molecule has 5 heteroatoms. The highest BCUT2D eigenvalue weighted by Gasteiger charge is 2.12. The molecule has 0 amide bonds. The zero-order valence-corrected chi connectivity index (χ0v) is 20.9. The Morgan fingerprint density at radius 1 is 1.24 bits per heavy atom. The van der Waals surface area contributed by atoms with E-state index >= 15 is 0 Å². The van der Waals surface area contributed by atoms with E-state index in [2.05, 4.69) is 23.8 Å². The molecule has 0 fully saturated rings. The van der Waals surface area contributed by atoms with Crippen LogP contribution in [0.2, 0.25) is 0 Å². The molecule has 3 rings (SSSR count). The quantitative estimate of drug-likeness (QED) is 0.391. The molecule has 0 bridgehead atoms. The average Bonchev–Trinajstić information content (AvgIpc) is 2.84. The lowest BCUT2D eigenvalue weighted by Crippen LogP contribution is -2.35. The molecule has 2 aromatic carbocycles. The van der Waals surface area contributed by atoms with E-state index in [1.807, 2.05) is 94.5 Å². The zero-order chi connectivity index (χ0) is 25.1. The van der Waals surface area contributed by atoms with Gasteiger partial charge in [0.2, 0.25) is 0 Å². The number of hydrogen-bond donors (Lipinski definition) is 2. The lowest BCUT2D eigenvalue weighted by atomic mass is 10.0. The van der Waals surface area contributed by atoms with Crippen LogP contribution in [0.1, 0.15) is 32.0 Å². The maximum absolute atomic E-state index is 13.1. The van der Waals surface area contributed by atoms with Crippen LogP contribution < -0.4 is 15.4 Å². The molecule has 0 aromatic heterocycles. The predicted octanol–water partition coefficient (Wildman–Crippen LogP) is 7.05. The van der Waals surface area contributed by atoms with E-state index in [0.29, 0.717) is 6.54 Å². The van der Waals surface area contributed by atoms with E-state index < -0.39 is 0 Å². The molecule has 182 valence electrons. The second-order valence-corrected chi connectivity index (χ2v) is 7.83. The summed E-state index contributed by atoms with van der Waals surface area (Å²) in [5.74, 6) is 1.24. The number of ether oxygens (including phenoxy) is 1. The standard InChI is InChI=1S/C27H30FN3O.C2H6.H2/c1-6-21(18-31(4)5)22-9-7-10-25(15-22)32-27-12-8-11-26(19(27)2)20(3)29-17-24-14-13-23(28)16-30-24;1-2;/h6-16,18,24,29-30H,1,3,17H2,2,4-5H3;1-2H3;1H/b21-18+;;. The van der Waals surface area contributed by atoms with Crippen LogP contribution in [0.15, 0.2) is 92.1 Å². The third-order valence-corrected chi connectivity index (χ3v) is 5.08. The van der Waals surface area contributed by atoms with E-state index in [4.69, 9.17) is 4.74 Å². The van der Waals surface area contributed by atoms with Gasteiger partial charge in [0.15, 0.2) is 0 Å². The molecule has 1 aliphatic rings. The number of dihydropyridines is 1. The Morgan fingerprint density at radius 2 is 1.97 bits per heavy atom. The molecule has 0 aliphatic carbocycles. The van der Waals surface area contributed by atoms with Gasteiger partial charge in [-0.05, 0) is 42.3 Å². The van der Waals surface area contributed by atoms with Gasteiger partial charge in [0.25, 0.3) is 0 Å². The summed E-state index contributed by atoms with van der Waals surface area (Å²) in [5.41, 5.74) is 4.80. The molecule has 34 heavy (non-hydrogen) atoms. The third-order valence-electron chi connectivity index (χ3n) is 5.08. The SMILES string of the molecule is C=C/C(=C\N(C)C)c1cccc(Oc2cccc(C(=C)NCC3C=CC(F)=CN3)c2C)c1.CC.[HH]. The van der Waals surface area contributed by atoms with Crippen LogP contribution >= 0.6 is 0 Å². The molecular formula is C29H38FN3O. The highest BCUT2D eigenvalue weighted by atomic mass is 19.1. The fourth-order valence-electron chi connectivity index (χ4n) is 3.40. The third kappa shape index (κ3) is 7.41. The number of rotatable bonds is 9. The van der Waals surface area contributed by atoms with Crippen molar-refractivity contribution in [3.8, 4) is 11.5 Å². The molecular weight excluding hydrogens is 425 g/mol. The van der Waals surface area contributed by atoms with Crippen molar-refractivity contribution in [2.45, 2.75) is 26.8 Å². The van der Waals surface area contributed by atoms with Crippen molar-refractivity contribution in [2.24, 2.45) is 0 Å². The Morgan fingerprint density at radius 3 is 2.62 bits per heavy atom. The Bertz CT molecular complexity index is 1090. The van der Waals surface area contributed by atoms with E-state index in [1.165, 1.54) is 12.3 Å².